The monoisotopic (exact) mass is 496 g/mol. The molecule has 0 atom stereocenters. The number of rotatable bonds is 3. The molecule has 1 radical (unpaired) electrons. The fraction of sp³-hybridized carbons (Fsp3) is 0.263. The summed E-state index contributed by atoms with van der Waals surface area (Å²) in [5.74, 6) is -0.417. The Morgan fingerprint density at radius 1 is 1.19 bits per heavy atom. The van der Waals surface area contributed by atoms with E-state index in [-0.39, 0.29) is 6.01 Å². The highest BCUT2D eigenvalue weighted by atomic mass is 127. The van der Waals surface area contributed by atoms with Crippen LogP contribution in [0.3, 0.4) is 0 Å². The Morgan fingerprint density at radius 3 is 2.56 bits per heavy atom. The number of fused-ring (bicyclic) bond motifs is 1. The Labute approximate surface area is 175 Å². The third kappa shape index (κ3) is 4.04. The van der Waals surface area contributed by atoms with E-state index in [1.54, 1.807) is 6.07 Å². The van der Waals surface area contributed by atoms with E-state index in [1.165, 1.54) is 12.6 Å². The zero-order chi connectivity index (χ0) is 19.0. The van der Waals surface area contributed by atoms with Crippen LogP contribution in [0.5, 0.6) is 6.01 Å². The molecule has 0 saturated carbocycles. The molecule has 0 amide bonds. The number of hydrogen-bond donors (Lipinski definition) is 1. The molecule has 8 heteroatoms. The number of aromatic nitrogens is 2. The molecule has 2 aromatic carbocycles. The zero-order valence-corrected chi connectivity index (χ0v) is 17.6. The van der Waals surface area contributed by atoms with Crippen LogP contribution >= 0.6 is 11.6 Å². The fourth-order valence-corrected chi connectivity index (χ4v) is 3.91. The van der Waals surface area contributed by atoms with E-state index in [1.807, 2.05) is 6.07 Å². The van der Waals surface area contributed by atoms with Crippen LogP contribution in [0.4, 0.5) is 5.69 Å². The third-order valence-corrected chi connectivity index (χ3v) is 5.84. The minimum atomic E-state index is -0.417. The molecule has 4 rings (SSSR count). The summed E-state index contributed by atoms with van der Waals surface area (Å²) in [7, 11) is 0. The van der Waals surface area contributed by atoms with Gasteiger partial charge in [-0.25, -0.2) is 0 Å². The standard InChI is InChI=1S/C19H18ClIN4O2/c1-12(26)27-19-22-17-10-15(16(20)11-18(17)23-19)13-2-4-14(5-3-13)24-6-8-25(21)9-7-24/h2-5,10-11H,6-9H2,1H3,(H,22,23)/q-1. The first-order chi connectivity index (χ1) is 13.0. The van der Waals surface area contributed by atoms with Crippen molar-refractivity contribution in [3.8, 4) is 17.1 Å². The van der Waals surface area contributed by atoms with Crippen LogP contribution in [-0.2, 0) is 4.79 Å². The summed E-state index contributed by atoms with van der Waals surface area (Å²) in [5.41, 5.74) is 4.57. The van der Waals surface area contributed by atoms with E-state index in [0.717, 1.165) is 42.8 Å². The van der Waals surface area contributed by atoms with Crippen molar-refractivity contribution >= 4 is 34.3 Å². The van der Waals surface area contributed by atoms with Crippen LogP contribution in [0.1, 0.15) is 6.92 Å². The topological polar surface area (TPSA) is 61.5 Å². The Hall–Kier alpha value is -1.84. The molecule has 0 unspecified atom stereocenters. The lowest BCUT2D eigenvalue weighted by Crippen LogP contribution is -3.42. The zero-order valence-electron chi connectivity index (χ0n) is 14.7. The minimum Gasteiger partial charge on any atom is -0.699 e. The molecule has 0 bridgehead atoms. The van der Waals surface area contributed by atoms with Crippen molar-refractivity contribution in [2.45, 2.75) is 6.92 Å². The number of halogens is 2. The number of ether oxygens (including phenoxy) is 1. The largest absolute Gasteiger partial charge is 0.699 e. The Bertz CT molecular complexity index is 981. The smallest absolute Gasteiger partial charge is 0.310 e. The van der Waals surface area contributed by atoms with Gasteiger partial charge in [0.15, 0.2) is 0 Å². The number of benzene rings is 2. The van der Waals surface area contributed by atoms with Gasteiger partial charge in [-0.3, -0.25) is 4.79 Å². The molecule has 2 heterocycles. The fourth-order valence-electron chi connectivity index (χ4n) is 3.20. The van der Waals surface area contributed by atoms with Gasteiger partial charge in [0.1, 0.15) is 0 Å². The number of anilines is 1. The van der Waals surface area contributed by atoms with E-state index in [2.05, 4.69) is 65.1 Å². The van der Waals surface area contributed by atoms with Crippen LogP contribution in [0, 0.1) is 0 Å². The lowest BCUT2D eigenvalue weighted by molar-refractivity contribution is -0.575. The molecule has 0 aliphatic carbocycles. The predicted octanol–water partition coefficient (Wildman–Crippen LogP) is 0.399. The van der Waals surface area contributed by atoms with Crippen molar-refractivity contribution in [1.82, 2.24) is 13.1 Å². The maximum Gasteiger partial charge on any atom is 0.310 e. The third-order valence-electron chi connectivity index (χ3n) is 4.56. The van der Waals surface area contributed by atoms with Gasteiger partial charge in [-0.15, -0.1) is 0 Å². The van der Waals surface area contributed by atoms with E-state index < -0.39 is 5.97 Å². The number of piperazine rings is 1. The summed E-state index contributed by atoms with van der Waals surface area (Å²) in [6.07, 6.45) is 0. The summed E-state index contributed by atoms with van der Waals surface area (Å²) in [6, 6.07) is 12.3. The van der Waals surface area contributed by atoms with Crippen LogP contribution < -0.4 is 32.5 Å². The van der Waals surface area contributed by atoms with Crippen LogP contribution in [0.15, 0.2) is 36.4 Å². The average molecular weight is 497 g/mol. The molecule has 27 heavy (non-hydrogen) atoms. The number of esters is 1. The highest BCUT2D eigenvalue weighted by Gasteiger charge is 2.14. The van der Waals surface area contributed by atoms with Gasteiger partial charge in [-0.1, -0.05) is 23.7 Å². The molecule has 141 valence electrons. The second-order valence-corrected chi connectivity index (χ2v) is 8.20. The summed E-state index contributed by atoms with van der Waals surface area (Å²) in [6.45, 7) is 5.53. The van der Waals surface area contributed by atoms with E-state index in [9.17, 15) is 4.79 Å². The van der Waals surface area contributed by atoms with Crippen LogP contribution in [0.2, 0.25) is 5.02 Å². The van der Waals surface area contributed by atoms with Gasteiger partial charge in [0.2, 0.25) is 0 Å². The van der Waals surface area contributed by atoms with Crippen molar-refractivity contribution < 1.29 is 32.4 Å². The van der Waals surface area contributed by atoms with Gasteiger partial charge in [-0.2, -0.15) is 4.98 Å². The number of imidazole rings is 1. The lowest BCUT2D eigenvalue weighted by atomic mass is 10.0. The van der Waals surface area contributed by atoms with Crippen molar-refractivity contribution in [3.63, 3.8) is 0 Å². The number of carbonyl (C=O) groups is 1. The molecule has 6 nitrogen and oxygen atoms in total. The highest BCUT2D eigenvalue weighted by Crippen LogP contribution is 2.33. The quantitative estimate of drug-likeness (QED) is 0.323. The van der Waals surface area contributed by atoms with Gasteiger partial charge in [0.05, 0.1) is 16.1 Å². The molecule has 1 N–H and O–H groups in total. The minimum absolute atomic E-state index is 0.176. The number of H-pyrrole nitrogens is 1. The van der Waals surface area contributed by atoms with Crippen molar-refractivity contribution in [1.29, 1.82) is 0 Å². The first-order valence-corrected chi connectivity index (χ1v) is 9.98. The van der Waals surface area contributed by atoms with Gasteiger partial charge >= 0.3 is 12.0 Å². The number of aromatic amines is 1. The average Bonchev–Trinajstić information content (AvgIpc) is 3.02. The number of nitrogens with one attached hydrogen (secondary N) is 1. The maximum atomic E-state index is 11.1. The van der Waals surface area contributed by atoms with Crippen molar-refractivity contribution in [2.75, 3.05) is 31.1 Å². The molecule has 1 aromatic heterocycles. The summed E-state index contributed by atoms with van der Waals surface area (Å²) in [4.78, 5) is 20.8. The van der Waals surface area contributed by atoms with E-state index >= 15 is 0 Å². The molecular weight excluding hydrogens is 479 g/mol. The van der Waals surface area contributed by atoms with Gasteiger partial charge in [0, 0.05) is 31.3 Å². The molecule has 1 aliphatic rings. The Balaban J connectivity index is 1.61. The SMILES string of the molecule is CC(=O)Oc1nc2cc(-c3ccc(N4CCN([I-])CC4)cc3)c(Cl)cc2[nH]1. The first kappa shape index (κ1) is 18.5. The summed E-state index contributed by atoms with van der Waals surface area (Å²) >= 11 is 8.86. The predicted molar refractivity (Wildman–Crippen MR) is 102 cm³/mol. The van der Waals surface area contributed by atoms with Crippen molar-refractivity contribution in [3.05, 3.63) is 41.4 Å². The molecule has 1 fully saturated rings. The van der Waals surface area contributed by atoms with Crippen LogP contribution in [-0.4, -0.2) is 45.2 Å². The molecule has 1 saturated heterocycles. The van der Waals surface area contributed by atoms with E-state index in [4.69, 9.17) is 16.3 Å². The summed E-state index contributed by atoms with van der Waals surface area (Å²) in [5, 5.41) is 0.617. The summed E-state index contributed by atoms with van der Waals surface area (Å²) < 4.78 is 7.33. The lowest BCUT2D eigenvalue weighted by Gasteiger charge is -2.40. The second-order valence-electron chi connectivity index (χ2n) is 6.43. The normalized spacial score (nSPS) is 15.3. The molecule has 3 aromatic rings. The van der Waals surface area contributed by atoms with Gasteiger partial charge in [0.25, 0.3) is 0 Å². The molecular formula is C19H18ClIN4O2-. The number of hydrogen-bond acceptors (Lipinski definition) is 5. The number of nitrogens with zero attached hydrogens (tertiary/aromatic N) is 3. The first-order valence-electron chi connectivity index (χ1n) is 8.63. The van der Waals surface area contributed by atoms with Crippen LogP contribution in [0.25, 0.3) is 22.2 Å². The Morgan fingerprint density at radius 2 is 1.89 bits per heavy atom. The van der Waals surface area contributed by atoms with Gasteiger partial charge in [-0.05, 0) is 42.9 Å². The Kier molecular flexibility index (Phi) is 5.25. The molecule has 0 spiro atoms. The molecule has 1 aliphatic heterocycles. The second kappa shape index (κ2) is 7.65. The maximum absolute atomic E-state index is 11.1. The van der Waals surface area contributed by atoms with E-state index in [0.29, 0.717) is 10.5 Å². The van der Waals surface area contributed by atoms with Crippen molar-refractivity contribution in [2.24, 2.45) is 0 Å². The van der Waals surface area contributed by atoms with Gasteiger partial charge < -0.3 is 40.6 Å². The highest BCUT2D eigenvalue weighted by molar-refractivity contribution is 6.34. The number of carbonyl (C=O) groups excluding carboxylic acids is 1.